The van der Waals surface area contributed by atoms with Crippen LogP contribution in [0, 0.1) is 17.6 Å². The fourth-order valence-electron chi connectivity index (χ4n) is 2.41. The fraction of sp³-hybridized carbons (Fsp3) is 0.556. The first-order valence-corrected chi connectivity index (χ1v) is 6.71. The van der Waals surface area contributed by atoms with Crippen molar-refractivity contribution in [2.75, 3.05) is 0 Å². The Morgan fingerprint density at radius 3 is 1.48 bits per heavy atom. The van der Waals surface area contributed by atoms with Gasteiger partial charge in [0, 0.05) is 0 Å². The van der Waals surface area contributed by atoms with Crippen LogP contribution in [0.15, 0.2) is 33.4 Å². The summed E-state index contributed by atoms with van der Waals surface area (Å²) in [6, 6.07) is 0. The number of allylic oxidation sites excluding steroid dienone is 8. The Morgan fingerprint density at radius 1 is 0.905 bits per heavy atom. The molecule has 2 aliphatic carbocycles. The van der Waals surface area contributed by atoms with E-state index in [1.807, 2.05) is 0 Å². The molecule has 116 valence electrons. The van der Waals surface area contributed by atoms with Crippen LogP contribution in [0.25, 0.3) is 0 Å². The summed E-state index contributed by atoms with van der Waals surface area (Å²) in [5.74, 6) is 0. The Bertz CT molecular complexity index is 477. The largest absolute Gasteiger partial charge is 4.00 e. The zero-order chi connectivity index (χ0) is 14.1. The number of hydrogen-bond acceptors (Lipinski definition) is 0. The van der Waals surface area contributed by atoms with Gasteiger partial charge in [-0.3, -0.25) is 6.08 Å². The van der Waals surface area contributed by atoms with Crippen molar-refractivity contribution in [3.05, 3.63) is 45.6 Å². The van der Waals surface area contributed by atoms with Crippen molar-refractivity contribution in [3.63, 3.8) is 0 Å². The van der Waals surface area contributed by atoms with Crippen molar-refractivity contribution in [2.24, 2.45) is 5.41 Å². The Balaban J connectivity index is -0.000000274. The maximum atomic E-state index is 3.44. The van der Waals surface area contributed by atoms with Crippen LogP contribution in [0.1, 0.15) is 61.8 Å². The Hall–Kier alpha value is 0.423. The summed E-state index contributed by atoms with van der Waals surface area (Å²) in [7, 11) is 0. The second kappa shape index (κ2) is 10.2. The van der Waals surface area contributed by atoms with Gasteiger partial charge in [0.05, 0.1) is 0 Å². The van der Waals surface area contributed by atoms with E-state index in [0.29, 0.717) is 0 Å². The van der Waals surface area contributed by atoms with E-state index < -0.39 is 0 Å². The predicted octanol–water partition coefficient (Wildman–Crippen LogP) is -0.406. The van der Waals surface area contributed by atoms with Gasteiger partial charge in [-0.15, -0.1) is 13.8 Å². The molecule has 21 heavy (non-hydrogen) atoms. The summed E-state index contributed by atoms with van der Waals surface area (Å²) in [6.45, 7) is 17.3. The minimum atomic E-state index is 0. The summed E-state index contributed by atoms with van der Waals surface area (Å²) in [4.78, 5) is 0. The van der Waals surface area contributed by atoms with Crippen molar-refractivity contribution in [1.82, 2.24) is 0 Å². The molecular formula is C18H26Cl2Zr. The molecule has 2 aliphatic rings. The quantitative estimate of drug-likeness (QED) is 0.482. The Morgan fingerprint density at radius 2 is 1.38 bits per heavy atom. The average Bonchev–Trinajstić information content (AvgIpc) is 2.61. The monoisotopic (exact) mass is 402 g/mol. The first kappa shape index (κ1) is 26.3. The minimum absolute atomic E-state index is 0. The van der Waals surface area contributed by atoms with E-state index in [1.165, 1.54) is 33.4 Å². The van der Waals surface area contributed by atoms with Crippen molar-refractivity contribution in [3.8, 4) is 0 Å². The van der Waals surface area contributed by atoms with Gasteiger partial charge >= 0.3 is 26.2 Å². The molecule has 3 heteroatoms. The molecule has 0 fully saturated rings. The molecule has 0 heterocycles. The maximum Gasteiger partial charge on any atom is 4.00 e. The van der Waals surface area contributed by atoms with Crippen molar-refractivity contribution in [2.45, 2.75) is 61.8 Å². The molecule has 0 saturated heterocycles. The van der Waals surface area contributed by atoms with Crippen LogP contribution in [0.4, 0.5) is 0 Å². The number of hydrogen-bond donors (Lipinski definition) is 0. The topological polar surface area (TPSA) is 0 Å². The molecule has 0 aromatic rings. The van der Waals surface area contributed by atoms with Crippen molar-refractivity contribution < 1.29 is 51.0 Å². The van der Waals surface area contributed by atoms with Crippen LogP contribution in [-0.4, -0.2) is 0 Å². The summed E-state index contributed by atoms with van der Waals surface area (Å²) in [5.41, 5.74) is 8.58. The van der Waals surface area contributed by atoms with Crippen molar-refractivity contribution in [1.29, 1.82) is 0 Å². The van der Waals surface area contributed by atoms with E-state index >= 15 is 0 Å². The van der Waals surface area contributed by atoms with Crippen LogP contribution in [0.2, 0.25) is 0 Å². The van der Waals surface area contributed by atoms with E-state index in [1.54, 1.807) is 0 Å². The predicted molar refractivity (Wildman–Crippen MR) is 80.0 cm³/mol. The fourth-order valence-corrected chi connectivity index (χ4v) is 2.41. The molecule has 0 bridgehead atoms. The Labute approximate surface area is 163 Å². The third-order valence-corrected chi connectivity index (χ3v) is 4.13. The van der Waals surface area contributed by atoms with Gasteiger partial charge in [0.2, 0.25) is 0 Å². The molecule has 0 aromatic heterocycles. The summed E-state index contributed by atoms with van der Waals surface area (Å²) >= 11 is 0. The van der Waals surface area contributed by atoms with E-state index in [9.17, 15) is 0 Å². The molecule has 0 amide bonds. The van der Waals surface area contributed by atoms with Gasteiger partial charge in [0.15, 0.2) is 0 Å². The number of rotatable bonds is 0. The van der Waals surface area contributed by atoms with E-state index in [-0.39, 0.29) is 56.4 Å². The molecule has 0 nitrogen and oxygen atoms in total. The van der Waals surface area contributed by atoms with Crippen LogP contribution < -0.4 is 24.8 Å². The van der Waals surface area contributed by atoms with Gasteiger partial charge in [-0.25, -0.2) is 22.8 Å². The van der Waals surface area contributed by atoms with Crippen LogP contribution in [-0.2, 0) is 26.2 Å². The van der Waals surface area contributed by atoms with Crippen LogP contribution in [0.3, 0.4) is 0 Å². The standard InChI is InChI=1S/C10H15.C8H11.2ClH.Zr/c1-7-6-10(4,5)9(3)8(7)2;1-6-4-7(2)8(3)5-6;;;/h1-5H3;4H2,1-3H3;2*1H;/q2*-1;;;+4/p-2. The third-order valence-electron chi connectivity index (χ3n) is 4.13. The van der Waals surface area contributed by atoms with Crippen molar-refractivity contribution >= 4 is 0 Å². The molecule has 0 aliphatic heterocycles. The summed E-state index contributed by atoms with van der Waals surface area (Å²) in [6.07, 6.45) is 7.84. The summed E-state index contributed by atoms with van der Waals surface area (Å²) in [5, 5.41) is 0. The molecular weight excluding hydrogens is 378 g/mol. The molecule has 0 radical (unpaired) electrons. The van der Waals surface area contributed by atoms with Gasteiger partial charge in [-0.2, -0.15) is 16.7 Å². The smallest absolute Gasteiger partial charge is 1.00 e. The van der Waals surface area contributed by atoms with Gasteiger partial charge in [-0.1, -0.05) is 53.4 Å². The van der Waals surface area contributed by atoms with Gasteiger partial charge < -0.3 is 24.8 Å². The van der Waals surface area contributed by atoms with E-state index in [0.717, 1.165) is 6.42 Å². The normalized spacial score (nSPS) is 18.7. The molecule has 0 unspecified atom stereocenters. The molecule has 0 saturated carbocycles. The van der Waals surface area contributed by atoms with Gasteiger partial charge in [0.25, 0.3) is 0 Å². The van der Waals surface area contributed by atoms with E-state index in [4.69, 9.17) is 0 Å². The first-order valence-electron chi connectivity index (χ1n) is 6.71. The molecule has 0 N–H and O–H groups in total. The SMILES string of the molecule is CC1=[C-]C(C)(C)C(C)=C1C.CC1=[C-]C(C)=C(C)C1.[Cl-].[Cl-].[Zr+4]. The van der Waals surface area contributed by atoms with Gasteiger partial charge in [0.1, 0.15) is 0 Å². The average molecular weight is 405 g/mol. The molecule has 0 atom stereocenters. The Kier molecular flexibility index (Phi) is 12.8. The van der Waals surface area contributed by atoms with Crippen LogP contribution in [0.5, 0.6) is 0 Å². The maximum absolute atomic E-state index is 3.44. The third kappa shape index (κ3) is 7.02. The zero-order valence-corrected chi connectivity index (χ0v) is 18.4. The molecule has 0 aromatic carbocycles. The number of halogens is 2. The minimum Gasteiger partial charge on any atom is -1.00 e. The second-order valence-electron chi connectivity index (χ2n) is 6.11. The summed E-state index contributed by atoms with van der Waals surface area (Å²) < 4.78 is 0. The van der Waals surface area contributed by atoms with E-state index in [2.05, 4.69) is 67.5 Å². The van der Waals surface area contributed by atoms with Gasteiger partial charge in [-0.05, 0) is 0 Å². The zero-order valence-electron chi connectivity index (χ0n) is 14.5. The second-order valence-corrected chi connectivity index (χ2v) is 6.11. The molecule has 0 spiro atoms. The molecule has 2 rings (SSSR count). The first-order chi connectivity index (χ1) is 8.15. The van der Waals surface area contributed by atoms with Crippen LogP contribution >= 0.6 is 0 Å².